The summed E-state index contributed by atoms with van der Waals surface area (Å²) in [7, 11) is 1.79. The molecule has 5 heteroatoms. The molecular weight excluding hydrogens is 310 g/mol. The van der Waals surface area contributed by atoms with Crippen molar-refractivity contribution in [3.05, 3.63) is 59.3 Å². The summed E-state index contributed by atoms with van der Waals surface area (Å²) in [4.78, 5) is 11.1. The van der Waals surface area contributed by atoms with Crippen LogP contribution in [0.5, 0.6) is 0 Å². The normalized spacial score (nSPS) is 11.3. The average molecular weight is 339 g/mol. The molecule has 2 N–H and O–H groups in total. The number of anilines is 1. The molecule has 0 amide bonds. The van der Waals surface area contributed by atoms with E-state index < -0.39 is 0 Å². The fraction of sp³-hybridized carbons (Fsp3) is 0.400. The lowest BCUT2D eigenvalue weighted by molar-refractivity contribution is 0.802. The summed E-state index contributed by atoms with van der Waals surface area (Å²) >= 11 is 0. The second-order valence-corrected chi connectivity index (χ2v) is 5.97. The number of aliphatic imine (C=N–C) groups is 1. The molecule has 0 aliphatic carbocycles. The Labute approximate surface area is 151 Å². The molecule has 2 rings (SSSR count). The fourth-order valence-electron chi connectivity index (χ4n) is 2.67. The van der Waals surface area contributed by atoms with Crippen molar-refractivity contribution in [2.45, 2.75) is 33.9 Å². The lowest BCUT2D eigenvalue weighted by Crippen LogP contribution is -2.36. The first-order valence-electron chi connectivity index (χ1n) is 8.86. The molecule has 0 saturated heterocycles. The van der Waals surface area contributed by atoms with Gasteiger partial charge in [0.15, 0.2) is 5.96 Å². The van der Waals surface area contributed by atoms with Gasteiger partial charge in [0.05, 0.1) is 0 Å². The molecule has 134 valence electrons. The van der Waals surface area contributed by atoms with Gasteiger partial charge in [-0.05, 0) is 38.0 Å². The first-order valence-corrected chi connectivity index (χ1v) is 8.86. The van der Waals surface area contributed by atoms with E-state index in [0.29, 0.717) is 6.54 Å². The first-order chi connectivity index (χ1) is 12.2. The van der Waals surface area contributed by atoms with Crippen LogP contribution in [0.3, 0.4) is 0 Å². The maximum absolute atomic E-state index is 4.55. The summed E-state index contributed by atoms with van der Waals surface area (Å²) in [5.41, 5.74) is 3.64. The largest absolute Gasteiger partial charge is 0.357 e. The molecule has 0 aliphatic heterocycles. The van der Waals surface area contributed by atoms with Crippen molar-refractivity contribution in [3.63, 3.8) is 0 Å². The van der Waals surface area contributed by atoms with Crippen LogP contribution in [0.1, 0.15) is 30.5 Å². The quantitative estimate of drug-likeness (QED) is 0.601. The standard InChI is InChI=1S/C20H29N5/c1-5-25(6-2)19-11-10-18(14-22-19)15-24-20(21-4)23-13-17-9-7-8-16(3)12-17/h7-12,14H,5-6,13,15H2,1-4H3,(H2,21,23,24). The zero-order chi connectivity index (χ0) is 18.1. The highest BCUT2D eigenvalue weighted by atomic mass is 15.2. The molecule has 5 nitrogen and oxygen atoms in total. The molecule has 1 aromatic carbocycles. The maximum atomic E-state index is 4.55. The summed E-state index contributed by atoms with van der Waals surface area (Å²) in [6.07, 6.45) is 1.93. The number of aryl methyl sites for hydroxylation is 1. The molecule has 1 heterocycles. The molecule has 0 bridgehead atoms. The van der Waals surface area contributed by atoms with Gasteiger partial charge in [0.25, 0.3) is 0 Å². The molecular formula is C20H29N5. The smallest absolute Gasteiger partial charge is 0.191 e. The topological polar surface area (TPSA) is 52.5 Å². The lowest BCUT2D eigenvalue weighted by Gasteiger charge is -2.19. The van der Waals surface area contributed by atoms with E-state index in [-0.39, 0.29) is 0 Å². The van der Waals surface area contributed by atoms with Crippen LogP contribution in [0.2, 0.25) is 0 Å². The van der Waals surface area contributed by atoms with Crippen molar-refractivity contribution in [2.75, 3.05) is 25.0 Å². The molecule has 0 atom stereocenters. The van der Waals surface area contributed by atoms with Gasteiger partial charge in [-0.2, -0.15) is 0 Å². The number of aromatic nitrogens is 1. The number of rotatable bonds is 7. The van der Waals surface area contributed by atoms with Gasteiger partial charge in [-0.15, -0.1) is 0 Å². The summed E-state index contributed by atoms with van der Waals surface area (Å²) in [5.74, 6) is 1.81. The second-order valence-electron chi connectivity index (χ2n) is 5.97. The van der Waals surface area contributed by atoms with Gasteiger partial charge in [-0.3, -0.25) is 4.99 Å². The number of guanidine groups is 1. The van der Waals surface area contributed by atoms with Crippen LogP contribution in [0.25, 0.3) is 0 Å². The number of hydrogen-bond acceptors (Lipinski definition) is 3. The fourth-order valence-corrected chi connectivity index (χ4v) is 2.67. The van der Waals surface area contributed by atoms with E-state index in [1.807, 2.05) is 6.20 Å². The van der Waals surface area contributed by atoms with Crippen LogP contribution < -0.4 is 15.5 Å². The van der Waals surface area contributed by atoms with Gasteiger partial charge in [-0.1, -0.05) is 35.9 Å². The van der Waals surface area contributed by atoms with Gasteiger partial charge in [0.2, 0.25) is 0 Å². The van der Waals surface area contributed by atoms with Crippen LogP contribution in [-0.4, -0.2) is 31.1 Å². The second kappa shape index (κ2) is 9.67. The molecule has 0 aliphatic rings. The number of nitrogens with one attached hydrogen (secondary N) is 2. The molecule has 0 fully saturated rings. The SMILES string of the molecule is CCN(CC)c1ccc(CNC(=NC)NCc2cccc(C)c2)cn1. The highest BCUT2D eigenvalue weighted by Crippen LogP contribution is 2.10. The minimum atomic E-state index is 0.693. The van der Waals surface area contributed by atoms with E-state index >= 15 is 0 Å². The number of benzene rings is 1. The van der Waals surface area contributed by atoms with Gasteiger partial charge in [0.1, 0.15) is 5.82 Å². The van der Waals surface area contributed by atoms with Crippen LogP contribution in [0.4, 0.5) is 5.82 Å². The Hall–Kier alpha value is -2.56. The predicted molar refractivity (Wildman–Crippen MR) is 106 cm³/mol. The maximum Gasteiger partial charge on any atom is 0.191 e. The molecule has 0 spiro atoms. The Morgan fingerprint density at radius 3 is 2.32 bits per heavy atom. The number of hydrogen-bond donors (Lipinski definition) is 2. The minimum Gasteiger partial charge on any atom is -0.357 e. The molecule has 0 saturated carbocycles. The van der Waals surface area contributed by atoms with Gasteiger partial charge >= 0.3 is 0 Å². The van der Waals surface area contributed by atoms with E-state index in [1.165, 1.54) is 11.1 Å². The molecule has 2 aromatic rings. The number of pyridine rings is 1. The van der Waals surface area contributed by atoms with Gasteiger partial charge in [0, 0.05) is 39.4 Å². The van der Waals surface area contributed by atoms with Gasteiger partial charge in [-0.25, -0.2) is 4.98 Å². The molecule has 25 heavy (non-hydrogen) atoms. The van der Waals surface area contributed by atoms with E-state index in [2.05, 4.69) is 82.7 Å². The van der Waals surface area contributed by atoms with E-state index in [9.17, 15) is 0 Å². The zero-order valence-corrected chi connectivity index (χ0v) is 15.7. The average Bonchev–Trinajstić information content (AvgIpc) is 2.64. The van der Waals surface area contributed by atoms with Crippen molar-refractivity contribution < 1.29 is 0 Å². The van der Waals surface area contributed by atoms with Crippen LogP contribution >= 0.6 is 0 Å². The van der Waals surface area contributed by atoms with E-state index in [0.717, 1.165) is 37.0 Å². The highest BCUT2D eigenvalue weighted by Gasteiger charge is 2.04. The van der Waals surface area contributed by atoms with Crippen LogP contribution in [-0.2, 0) is 13.1 Å². The van der Waals surface area contributed by atoms with Crippen LogP contribution in [0, 0.1) is 6.92 Å². The summed E-state index contributed by atoms with van der Waals surface area (Å²) in [6.45, 7) is 9.77. The highest BCUT2D eigenvalue weighted by molar-refractivity contribution is 5.79. The predicted octanol–water partition coefficient (Wildman–Crippen LogP) is 3.10. The number of nitrogens with zero attached hydrogens (tertiary/aromatic N) is 3. The third-order valence-corrected chi connectivity index (χ3v) is 4.12. The Bertz CT molecular complexity index is 675. The van der Waals surface area contributed by atoms with Crippen molar-refractivity contribution >= 4 is 11.8 Å². The van der Waals surface area contributed by atoms with Gasteiger partial charge < -0.3 is 15.5 Å². The first kappa shape index (κ1) is 18.8. The molecule has 0 unspecified atom stereocenters. The third-order valence-electron chi connectivity index (χ3n) is 4.12. The van der Waals surface area contributed by atoms with Crippen molar-refractivity contribution in [1.82, 2.24) is 15.6 Å². The Balaban J connectivity index is 1.86. The minimum absolute atomic E-state index is 0.693. The summed E-state index contributed by atoms with van der Waals surface area (Å²) < 4.78 is 0. The van der Waals surface area contributed by atoms with Crippen molar-refractivity contribution in [2.24, 2.45) is 4.99 Å². The zero-order valence-electron chi connectivity index (χ0n) is 15.7. The van der Waals surface area contributed by atoms with Crippen molar-refractivity contribution in [3.8, 4) is 0 Å². The van der Waals surface area contributed by atoms with E-state index in [4.69, 9.17) is 0 Å². The van der Waals surface area contributed by atoms with E-state index in [1.54, 1.807) is 7.05 Å². The van der Waals surface area contributed by atoms with Crippen molar-refractivity contribution in [1.29, 1.82) is 0 Å². The summed E-state index contributed by atoms with van der Waals surface area (Å²) in [5, 5.41) is 6.67. The molecule has 1 aromatic heterocycles. The summed E-state index contributed by atoms with van der Waals surface area (Å²) in [6, 6.07) is 12.7. The third kappa shape index (κ3) is 5.78. The monoisotopic (exact) mass is 339 g/mol. The molecule has 0 radical (unpaired) electrons. The Morgan fingerprint density at radius 1 is 1.04 bits per heavy atom. The van der Waals surface area contributed by atoms with Crippen LogP contribution in [0.15, 0.2) is 47.6 Å². The Kier molecular flexibility index (Phi) is 7.26. The lowest BCUT2D eigenvalue weighted by atomic mass is 10.1. The Morgan fingerprint density at radius 2 is 1.76 bits per heavy atom.